The lowest BCUT2D eigenvalue weighted by atomic mass is 10.3. The Morgan fingerprint density at radius 1 is 1.62 bits per heavy atom. The van der Waals surface area contributed by atoms with Gasteiger partial charge in [-0.25, -0.2) is 0 Å². The summed E-state index contributed by atoms with van der Waals surface area (Å²) in [6.07, 6.45) is 3.38. The molecule has 0 atom stereocenters. The van der Waals surface area contributed by atoms with E-state index < -0.39 is 0 Å². The molecule has 0 spiro atoms. The summed E-state index contributed by atoms with van der Waals surface area (Å²) in [5, 5.41) is 9.30. The summed E-state index contributed by atoms with van der Waals surface area (Å²) < 4.78 is 5.06. The van der Waals surface area contributed by atoms with Crippen molar-refractivity contribution in [3.63, 3.8) is 0 Å². The maximum atomic E-state index is 8.80. The molecule has 0 aromatic carbocycles. The van der Waals surface area contributed by atoms with Crippen LogP contribution in [0.4, 0.5) is 0 Å². The zero-order valence-electron chi connectivity index (χ0n) is 6.93. The van der Waals surface area contributed by atoms with E-state index in [1.807, 2.05) is 0 Å². The molecule has 0 aliphatic carbocycles. The van der Waals surface area contributed by atoms with Crippen molar-refractivity contribution >= 4 is 11.8 Å². The van der Waals surface area contributed by atoms with E-state index in [9.17, 15) is 0 Å². The number of pyridine rings is 1. The molecular formula is C9H8N2OS. The number of nitriles is 1. The van der Waals surface area contributed by atoms with Crippen LogP contribution in [0.2, 0.25) is 0 Å². The van der Waals surface area contributed by atoms with Crippen LogP contribution in [0.3, 0.4) is 0 Å². The van der Waals surface area contributed by atoms with Crippen LogP contribution >= 0.6 is 11.8 Å². The molecule has 0 unspecified atom stereocenters. The highest BCUT2D eigenvalue weighted by atomic mass is 32.2. The van der Waals surface area contributed by atoms with Gasteiger partial charge in [0.1, 0.15) is 6.07 Å². The van der Waals surface area contributed by atoms with Gasteiger partial charge in [-0.05, 0) is 6.07 Å². The molecule has 13 heavy (non-hydrogen) atoms. The van der Waals surface area contributed by atoms with Gasteiger partial charge in [0.2, 0.25) is 0 Å². The lowest BCUT2D eigenvalue weighted by molar-refractivity contribution is 0.0455. The third kappa shape index (κ3) is 1.82. The average molecular weight is 192 g/mol. The summed E-state index contributed by atoms with van der Waals surface area (Å²) in [6.45, 7) is 1.56. The molecule has 1 saturated heterocycles. The first-order valence-electron chi connectivity index (χ1n) is 3.98. The van der Waals surface area contributed by atoms with Gasteiger partial charge in [-0.1, -0.05) is 0 Å². The normalized spacial score (nSPS) is 16.2. The molecule has 0 saturated carbocycles. The van der Waals surface area contributed by atoms with Crippen molar-refractivity contribution in [2.24, 2.45) is 0 Å². The van der Waals surface area contributed by atoms with Gasteiger partial charge in [0.05, 0.1) is 24.0 Å². The fourth-order valence-electron chi connectivity index (χ4n) is 1.03. The molecule has 4 heteroatoms. The number of hydrogen-bond donors (Lipinski definition) is 0. The van der Waals surface area contributed by atoms with Crippen molar-refractivity contribution in [1.29, 1.82) is 5.26 Å². The Morgan fingerprint density at radius 3 is 3.08 bits per heavy atom. The fourth-order valence-corrected chi connectivity index (χ4v) is 2.08. The maximum absolute atomic E-state index is 8.80. The summed E-state index contributed by atoms with van der Waals surface area (Å²) >= 11 is 1.67. The number of ether oxygens (including phenoxy) is 1. The Labute approximate surface area is 80.7 Å². The van der Waals surface area contributed by atoms with Gasteiger partial charge in [-0.3, -0.25) is 4.98 Å². The van der Waals surface area contributed by atoms with Gasteiger partial charge >= 0.3 is 0 Å². The second-order valence-electron chi connectivity index (χ2n) is 2.76. The predicted octanol–water partition coefficient (Wildman–Crippen LogP) is 1.44. The molecule has 1 aliphatic rings. The number of thioether (sulfide) groups is 1. The van der Waals surface area contributed by atoms with Crippen LogP contribution in [0.25, 0.3) is 0 Å². The van der Waals surface area contributed by atoms with Gasteiger partial charge in [0, 0.05) is 17.3 Å². The molecule has 2 rings (SSSR count). The van der Waals surface area contributed by atoms with Crippen LogP contribution in [0.15, 0.2) is 23.4 Å². The Morgan fingerprint density at radius 2 is 2.46 bits per heavy atom. The van der Waals surface area contributed by atoms with Crippen LogP contribution in [0.1, 0.15) is 5.56 Å². The van der Waals surface area contributed by atoms with Crippen molar-refractivity contribution < 1.29 is 4.74 Å². The topological polar surface area (TPSA) is 45.9 Å². The van der Waals surface area contributed by atoms with E-state index in [-0.39, 0.29) is 0 Å². The third-order valence-corrected chi connectivity index (χ3v) is 2.99. The molecule has 1 aliphatic heterocycles. The molecule has 0 radical (unpaired) electrons. The highest BCUT2D eigenvalue weighted by Crippen LogP contribution is 2.29. The minimum Gasteiger partial charge on any atom is -0.379 e. The van der Waals surface area contributed by atoms with Crippen LogP contribution in [-0.2, 0) is 4.74 Å². The van der Waals surface area contributed by atoms with Crippen LogP contribution in [0, 0.1) is 11.3 Å². The first kappa shape index (κ1) is 8.54. The van der Waals surface area contributed by atoms with E-state index in [2.05, 4.69) is 11.1 Å². The van der Waals surface area contributed by atoms with Crippen molar-refractivity contribution in [3.8, 4) is 6.07 Å². The predicted molar refractivity (Wildman–Crippen MR) is 49.4 cm³/mol. The van der Waals surface area contributed by atoms with Gasteiger partial charge in [-0.15, -0.1) is 11.8 Å². The molecule has 0 bridgehead atoms. The van der Waals surface area contributed by atoms with Crippen molar-refractivity contribution in [2.75, 3.05) is 13.2 Å². The van der Waals surface area contributed by atoms with Gasteiger partial charge in [0.25, 0.3) is 0 Å². The first-order valence-corrected chi connectivity index (χ1v) is 4.86. The lowest BCUT2D eigenvalue weighted by Crippen LogP contribution is -2.30. The highest BCUT2D eigenvalue weighted by Gasteiger charge is 2.20. The van der Waals surface area contributed by atoms with E-state index in [4.69, 9.17) is 10.00 Å². The quantitative estimate of drug-likeness (QED) is 0.711. The van der Waals surface area contributed by atoms with Gasteiger partial charge < -0.3 is 4.74 Å². The van der Waals surface area contributed by atoms with Crippen molar-refractivity contribution in [3.05, 3.63) is 24.0 Å². The van der Waals surface area contributed by atoms with E-state index in [0.29, 0.717) is 10.8 Å². The lowest BCUT2D eigenvalue weighted by Gasteiger charge is -2.25. The number of hydrogen-bond acceptors (Lipinski definition) is 4. The molecule has 2 heterocycles. The largest absolute Gasteiger partial charge is 0.379 e. The van der Waals surface area contributed by atoms with Crippen LogP contribution < -0.4 is 0 Å². The van der Waals surface area contributed by atoms with E-state index >= 15 is 0 Å². The van der Waals surface area contributed by atoms with Crippen LogP contribution in [0.5, 0.6) is 0 Å². The fraction of sp³-hybridized carbons (Fsp3) is 0.333. The Kier molecular flexibility index (Phi) is 2.48. The second kappa shape index (κ2) is 3.77. The molecule has 66 valence electrons. The average Bonchev–Trinajstić information content (AvgIpc) is 2.12. The smallest absolute Gasteiger partial charge is 0.100 e. The molecule has 1 fully saturated rings. The molecular weight excluding hydrogens is 184 g/mol. The van der Waals surface area contributed by atoms with Crippen molar-refractivity contribution in [2.45, 2.75) is 10.1 Å². The zero-order chi connectivity index (χ0) is 9.10. The summed E-state index contributed by atoms with van der Waals surface area (Å²) in [5.41, 5.74) is 0.701. The summed E-state index contributed by atoms with van der Waals surface area (Å²) in [6, 6.07) is 3.89. The number of nitrogens with zero attached hydrogens (tertiary/aromatic N) is 2. The summed E-state index contributed by atoms with van der Waals surface area (Å²) in [7, 11) is 0. The minimum atomic E-state index is 0.497. The molecule has 3 nitrogen and oxygen atoms in total. The third-order valence-electron chi connectivity index (χ3n) is 1.81. The van der Waals surface area contributed by atoms with Crippen LogP contribution in [-0.4, -0.2) is 23.4 Å². The standard InChI is InChI=1S/C9H8N2OS/c10-3-7-1-2-11-4-9(7)13-8-5-12-6-8/h1-2,4,8H,5-6H2. The zero-order valence-corrected chi connectivity index (χ0v) is 7.75. The Balaban J connectivity index is 2.14. The first-order chi connectivity index (χ1) is 6.40. The Bertz CT molecular complexity index is 344. The number of aromatic nitrogens is 1. The van der Waals surface area contributed by atoms with E-state index in [1.54, 1.807) is 30.2 Å². The van der Waals surface area contributed by atoms with Crippen molar-refractivity contribution in [1.82, 2.24) is 4.98 Å². The van der Waals surface area contributed by atoms with E-state index in [1.165, 1.54) is 0 Å². The Hall–Kier alpha value is -1.05. The number of rotatable bonds is 2. The highest BCUT2D eigenvalue weighted by molar-refractivity contribution is 8.00. The second-order valence-corrected chi connectivity index (χ2v) is 4.10. The molecule has 1 aromatic rings. The van der Waals surface area contributed by atoms with Gasteiger partial charge in [0.15, 0.2) is 0 Å². The maximum Gasteiger partial charge on any atom is 0.100 e. The molecule has 0 amide bonds. The monoisotopic (exact) mass is 192 g/mol. The van der Waals surface area contributed by atoms with Gasteiger partial charge in [-0.2, -0.15) is 5.26 Å². The minimum absolute atomic E-state index is 0.497. The molecule has 1 aromatic heterocycles. The summed E-state index contributed by atoms with van der Waals surface area (Å²) in [5.74, 6) is 0. The summed E-state index contributed by atoms with van der Waals surface area (Å²) in [4.78, 5) is 4.95. The molecule has 0 N–H and O–H groups in total. The van der Waals surface area contributed by atoms with E-state index in [0.717, 1.165) is 18.1 Å². The SMILES string of the molecule is N#Cc1ccncc1SC1COC1.